The zero-order valence-corrected chi connectivity index (χ0v) is 13.9. The maximum absolute atomic E-state index is 12.7. The van der Waals surface area contributed by atoms with E-state index in [1.165, 1.54) is 6.20 Å². The lowest BCUT2D eigenvalue weighted by molar-refractivity contribution is 0.0606. The van der Waals surface area contributed by atoms with Crippen LogP contribution in [0.25, 0.3) is 11.3 Å². The molecule has 4 rings (SSSR count). The summed E-state index contributed by atoms with van der Waals surface area (Å²) < 4.78 is 3.80. The predicted molar refractivity (Wildman–Crippen MR) is 91.6 cm³/mol. The van der Waals surface area contributed by atoms with Crippen LogP contribution in [0.4, 0.5) is 0 Å². The molecular formula is C17H17N5OS. The van der Waals surface area contributed by atoms with Crippen LogP contribution in [0, 0.1) is 0 Å². The van der Waals surface area contributed by atoms with Crippen molar-refractivity contribution in [2.24, 2.45) is 0 Å². The molecule has 6 nitrogen and oxygen atoms in total. The topological polar surface area (TPSA) is 74.8 Å². The zero-order chi connectivity index (χ0) is 16.4. The van der Waals surface area contributed by atoms with Gasteiger partial charge in [0, 0.05) is 6.54 Å². The molecule has 1 aliphatic rings. The highest BCUT2D eigenvalue weighted by atomic mass is 32.1. The van der Waals surface area contributed by atoms with Crippen molar-refractivity contribution >= 4 is 17.4 Å². The smallest absolute Gasteiger partial charge is 0.267 e. The van der Waals surface area contributed by atoms with E-state index in [9.17, 15) is 4.79 Å². The quantitative estimate of drug-likeness (QED) is 0.794. The summed E-state index contributed by atoms with van der Waals surface area (Å²) in [7, 11) is 0. The number of carbonyl (C=O) groups excluding carboxylic acids is 1. The molecule has 1 aromatic carbocycles. The lowest BCUT2D eigenvalue weighted by Gasteiger charge is -2.34. The zero-order valence-electron chi connectivity index (χ0n) is 13.1. The number of hydrogen-bond donors (Lipinski definition) is 1. The molecule has 1 atom stereocenters. The largest absolute Gasteiger partial charge is 0.340 e. The maximum Gasteiger partial charge on any atom is 0.267 e. The van der Waals surface area contributed by atoms with Crippen molar-refractivity contribution in [2.45, 2.75) is 25.3 Å². The number of H-pyrrole nitrogens is 1. The normalized spacial score (nSPS) is 17.8. The van der Waals surface area contributed by atoms with Crippen LogP contribution in [0.5, 0.6) is 0 Å². The number of likely N-dealkylation sites (tertiary alicyclic amines) is 1. The van der Waals surface area contributed by atoms with Crippen molar-refractivity contribution in [3.8, 4) is 11.3 Å². The lowest BCUT2D eigenvalue weighted by Crippen LogP contribution is -2.38. The van der Waals surface area contributed by atoms with Crippen LogP contribution in [0.3, 0.4) is 0 Å². The van der Waals surface area contributed by atoms with E-state index in [1.54, 1.807) is 0 Å². The fraction of sp³-hybridized carbons (Fsp3) is 0.294. The van der Waals surface area contributed by atoms with E-state index in [-0.39, 0.29) is 11.9 Å². The Morgan fingerprint density at radius 1 is 1.21 bits per heavy atom. The highest BCUT2D eigenvalue weighted by Crippen LogP contribution is 2.32. The number of imidazole rings is 1. The fourth-order valence-corrected chi connectivity index (χ4v) is 3.60. The van der Waals surface area contributed by atoms with Crippen LogP contribution in [-0.2, 0) is 0 Å². The van der Waals surface area contributed by atoms with Crippen molar-refractivity contribution in [1.29, 1.82) is 0 Å². The molecular weight excluding hydrogens is 322 g/mol. The van der Waals surface area contributed by atoms with Gasteiger partial charge in [0.15, 0.2) is 0 Å². The van der Waals surface area contributed by atoms with Gasteiger partial charge in [-0.1, -0.05) is 34.8 Å². The molecule has 1 aliphatic heterocycles. The third-order valence-corrected chi connectivity index (χ3v) is 4.98. The van der Waals surface area contributed by atoms with Crippen molar-refractivity contribution < 1.29 is 4.79 Å². The summed E-state index contributed by atoms with van der Waals surface area (Å²) in [6, 6.07) is 10.1. The Labute approximate surface area is 143 Å². The van der Waals surface area contributed by atoms with Crippen LogP contribution >= 0.6 is 11.5 Å². The Balaban J connectivity index is 1.62. The molecule has 0 unspecified atom stereocenters. The summed E-state index contributed by atoms with van der Waals surface area (Å²) in [5, 5.41) is 3.78. The van der Waals surface area contributed by atoms with Gasteiger partial charge in [0.2, 0.25) is 0 Å². The van der Waals surface area contributed by atoms with Crippen molar-refractivity contribution in [2.75, 3.05) is 6.54 Å². The standard InChI is InChI=1S/C17H17N5OS/c23-17(15-11-19-21-24-15)22-9-5-4-8-14(22)16-18-10-13(20-16)12-6-2-1-3-7-12/h1-3,6-7,10-11,14H,4-5,8-9H2,(H,18,20)/t14-/m1/s1. The summed E-state index contributed by atoms with van der Waals surface area (Å²) in [5.41, 5.74) is 2.07. The van der Waals surface area contributed by atoms with Crippen LogP contribution in [0.2, 0.25) is 0 Å². The molecule has 1 N–H and O–H groups in total. The number of aromatic amines is 1. The molecule has 122 valence electrons. The minimum absolute atomic E-state index is 0.00707. The van der Waals surface area contributed by atoms with Gasteiger partial charge in [-0.25, -0.2) is 4.98 Å². The van der Waals surface area contributed by atoms with E-state index >= 15 is 0 Å². The number of aromatic nitrogens is 4. The highest BCUT2D eigenvalue weighted by Gasteiger charge is 2.31. The molecule has 24 heavy (non-hydrogen) atoms. The summed E-state index contributed by atoms with van der Waals surface area (Å²) in [6.07, 6.45) is 6.41. The van der Waals surface area contributed by atoms with Gasteiger partial charge in [0.1, 0.15) is 10.7 Å². The van der Waals surface area contributed by atoms with Crippen molar-refractivity contribution in [1.82, 2.24) is 24.5 Å². The van der Waals surface area contributed by atoms with E-state index < -0.39 is 0 Å². The molecule has 7 heteroatoms. The number of amides is 1. The van der Waals surface area contributed by atoms with Crippen molar-refractivity contribution in [3.63, 3.8) is 0 Å². The number of rotatable bonds is 3. The molecule has 1 fully saturated rings. The van der Waals surface area contributed by atoms with E-state index in [0.717, 1.165) is 54.4 Å². The summed E-state index contributed by atoms with van der Waals surface area (Å²) in [4.78, 5) is 23.2. The number of piperidine rings is 1. The summed E-state index contributed by atoms with van der Waals surface area (Å²) >= 11 is 1.14. The van der Waals surface area contributed by atoms with E-state index in [4.69, 9.17) is 0 Å². The maximum atomic E-state index is 12.7. The van der Waals surface area contributed by atoms with Gasteiger partial charge >= 0.3 is 0 Å². The fourth-order valence-electron chi connectivity index (χ4n) is 3.13. The Morgan fingerprint density at radius 3 is 2.88 bits per heavy atom. The molecule has 0 spiro atoms. The van der Waals surface area contributed by atoms with Crippen LogP contribution in [0.1, 0.15) is 40.8 Å². The molecule has 0 bridgehead atoms. The van der Waals surface area contributed by atoms with E-state index in [1.807, 2.05) is 41.4 Å². The second-order valence-corrected chi connectivity index (χ2v) is 6.63. The molecule has 0 radical (unpaired) electrons. The second kappa shape index (κ2) is 6.52. The van der Waals surface area contributed by atoms with Gasteiger partial charge in [0.25, 0.3) is 5.91 Å². The van der Waals surface area contributed by atoms with Gasteiger partial charge in [-0.3, -0.25) is 4.79 Å². The number of carbonyl (C=O) groups is 1. The summed E-state index contributed by atoms with van der Waals surface area (Å²) in [5.74, 6) is 0.840. The monoisotopic (exact) mass is 339 g/mol. The SMILES string of the molecule is O=C(c1cnns1)N1CCCC[C@@H]1c1ncc(-c2ccccc2)[nH]1. The second-order valence-electron chi connectivity index (χ2n) is 5.84. The number of hydrogen-bond acceptors (Lipinski definition) is 5. The minimum Gasteiger partial charge on any atom is -0.340 e. The first-order valence-electron chi connectivity index (χ1n) is 8.01. The molecule has 2 aromatic heterocycles. The Bertz CT molecular complexity index is 815. The molecule has 3 aromatic rings. The van der Waals surface area contributed by atoms with Gasteiger partial charge in [-0.05, 0) is 36.4 Å². The predicted octanol–water partition coefficient (Wildman–Crippen LogP) is 3.30. The van der Waals surface area contributed by atoms with Gasteiger partial charge in [-0.2, -0.15) is 0 Å². The number of nitrogens with one attached hydrogen (secondary N) is 1. The molecule has 0 aliphatic carbocycles. The van der Waals surface area contributed by atoms with Crippen molar-refractivity contribution in [3.05, 3.63) is 53.4 Å². The first-order chi connectivity index (χ1) is 11.8. The van der Waals surface area contributed by atoms with E-state index in [2.05, 4.69) is 19.6 Å². The molecule has 0 saturated carbocycles. The van der Waals surface area contributed by atoms with E-state index in [0.29, 0.717) is 4.88 Å². The molecule has 3 heterocycles. The first-order valence-corrected chi connectivity index (χ1v) is 8.79. The molecule has 1 amide bonds. The summed E-state index contributed by atoms with van der Waals surface area (Å²) in [6.45, 7) is 0.739. The van der Waals surface area contributed by atoms with Gasteiger partial charge < -0.3 is 9.88 Å². The lowest BCUT2D eigenvalue weighted by atomic mass is 10.0. The third-order valence-electron chi connectivity index (χ3n) is 4.33. The number of nitrogens with zero attached hydrogens (tertiary/aromatic N) is 4. The Kier molecular flexibility index (Phi) is 4.08. The highest BCUT2D eigenvalue weighted by molar-refractivity contribution is 7.07. The Morgan fingerprint density at radius 2 is 2.08 bits per heavy atom. The third kappa shape index (κ3) is 2.82. The number of benzene rings is 1. The molecule has 1 saturated heterocycles. The van der Waals surface area contributed by atoms with Gasteiger partial charge in [0.05, 0.1) is 24.1 Å². The first kappa shape index (κ1) is 15.0. The average molecular weight is 339 g/mol. The van der Waals surface area contributed by atoms with Gasteiger partial charge in [-0.15, -0.1) is 5.10 Å². The minimum atomic E-state index is -0.0224. The average Bonchev–Trinajstić information content (AvgIpc) is 3.34. The van der Waals surface area contributed by atoms with Crippen LogP contribution in [-0.4, -0.2) is 36.9 Å². The van der Waals surface area contributed by atoms with Crippen LogP contribution in [0.15, 0.2) is 42.7 Å². The Hall–Kier alpha value is -2.54. The van der Waals surface area contributed by atoms with Crippen LogP contribution < -0.4 is 0 Å².